The summed E-state index contributed by atoms with van der Waals surface area (Å²) in [7, 11) is 0. The second-order valence-corrected chi connectivity index (χ2v) is 12.8. The van der Waals surface area contributed by atoms with Gasteiger partial charge in [0.1, 0.15) is 12.4 Å². The molecule has 0 aliphatic heterocycles. The van der Waals surface area contributed by atoms with Crippen molar-refractivity contribution in [1.29, 1.82) is 0 Å². The summed E-state index contributed by atoms with van der Waals surface area (Å²) in [6.07, 6.45) is 28.8. The zero-order chi connectivity index (χ0) is 29.0. The van der Waals surface area contributed by atoms with Crippen molar-refractivity contribution in [3.63, 3.8) is 0 Å². The highest BCUT2D eigenvalue weighted by Gasteiger charge is 2.41. The minimum Gasteiger partial charge on any atom is -0.247 e. The van der Waals surface area contributed by atoms with Gasteiger partial charge in [0, 0.05) is 5.41 Å². The maximum absolute atomic E-state index is 3.76. The van der Waals surface area contributed by atoms with Crippen molar-refractivity contribution in [2.24, 2.45) is 0 Å². The van der Waals surface area contributed by atoms with Crippen LogP contribution in [0.1, 0.15) is 153 Å². The van der Waals surface area contributed by atoms with Gasteiger partial charge in [-0.15, -0.1) is 0 Å². The van der Waals surface area contributed by atoms with Gasteiger partial charge in [0.05, 0.1) is 12.5 Å². The topological polar surface area (TPSA) is 19.7 Å². The van der Waals surface area contributed by atoms with E-state index in [2.05, 4.69) is 103 Å². The molecule has 1 heterocycles. The molecule has 1 N–H and O–H groups in total. The summed E-state index contributed by atoms with van der Waals surface area (Å²) in [4.78, 5) is 3.76. The van der Waals surface area contributed by atoms with Crippen LogP contribution in [-0.4, -0.2) is 4.98 Å². The summed E-state index contributed by atoms with van der Waals surface area (Å²) in [6, 6.07) is 22.5. The molecule has 2 aromatic carbocycles. The van der Waals surface area contributed by atoms with Crippen molar-refractivity contribution >= 4 is 0 Å². The van der Waals surface area contributed by atoms with Gasteiger partial charge in [0.15, 0.2) is 0 Å². The third-order valence-corrected chi connectivity index (χ3v) is 9.34. The van der Waals surface area contributed by atoms with E-state index in [1.54, 1.807) is 0 Å². The van der Waals surface area contributed by atoms with Gasteiger partial charge < -0.3 is 0 Å². The van der Waals surface area contributed by atoms with E-state index in [0.29, 0.717) is 5.92 Å². The Morgan fingerprint density at radius 3 is 1.73 bits per heavy atom. The molecular weight excluding hydrogens is 496 g/mol. The average Bonchev–Trinajstić information content (AvgIpc) is 3.46. The Bertz CT molecular complexity index is 1020. The molecule has 2 heteroatoms. The van der Waals surface area contributed by atoms with Crippen LogP contribution in [-0.2, 0) is 18.4 Å². The molecule has 2 atom stereocenters. The van der Waals surface area contributed by atoms with E-state index in [0.717, 1.165) is 13.0 Å². The van der Waals surface area contributed by atoms with Crippen LogP contribution >= 0.6 is 0 Å². The van der Waals surface area contributed by atoms with Crippen LogP contribution in [0, 0.1) is 0 Å². The monoisotopic (exact) mass is 557 g/mol. The van der Waals surface area contributed by atoms with Crippen LogP contribution in [0.4, 0.5) is 0 Å². The van der Waals surface area contributed by atoms with Crippen LogP contribution in [0.15, 0.2) is 73.1 Å². The Hall–Kier alpha value is -2.35. The average molecular weight is 558 g/mol. The number of hydrogen-bond donors (Lipinski definition) is 1. The molecule has 2 unspecified atom stereocenters. The van der Waals surface area contributed by atoms with E-state index >= 15 is 0 Å². The molecule has 0 fully saturated rings. The maximum atomic E-state index is 3.76. The SMILES string of the molecule is CCCCCCCCCCCCCC[n+]1cc[nH]c1C(CCCCCC)C(C)(Cc1ccccc1)c1ccccc1. The van der Waals surface area contributed by atoms with Crippen molar-refractivity contribution in [1.82, 2.24) is 4.98 Å². The van der Waals surface area contributed by atoms with E-state index in [-0.39, 0.29) is 5.41 Å². The molecule has 226 valence electrons. The van der Waals surface area contributed by atoms with Gasteiger partial charge in [-0.2, -0.15) is 0 Å². The number of H-pyrrole nitrogens is 1. The lowest BCUT2D eigenvalue weighted by atomic mass is 9.66. The third kappa shape index (κ3) is 11.4. The lowest BCUT2D eigenvalue weighted by molar-refractivity contribution is -0.705. The van der Waals surface area contributed by atoms with Gasteiger partial charge >= 0.3 is 0 Å². The van der Waals surface area contributed by atoms with E-state index in [1.165, 1.54) is 126 Å². The number of aromatic nitrogens is 2. The van der Waals surface area contributed by atoms with Gasteiger partial charge in [0.2, 0.25) is 0 Å². The summed E-state index contributed by atoms with van der Waals surface area (Å²) in [5, 5.41) is 0. The van der Waals surface area contributed by atoms with Crippen LogP contribution < -0.4 is 4.57 Å². The highest BCUT2D eigenvalue weighted by Crippen LogP contribution is 2.43. The van der Waals surface area contributed by atoms with Crippen molar-refractivity contribution < 1.29 is 4.57 Å². The molecule has 3 rings (SSSR count). The summed E-state index contributed by atoms with van der Waals surface area (Å²) in [5.41, 5.74) is 2.89. The minimum atomic E-state index is 0.0119. The van der Waals surface area contributed by atoms with Gasteiger partial charge in [0.25, 0.3) is 5.82 Å². The zero-order valence-electron chi connectivity index (χ0n) is 26.9. The molecule has 41 heavy (non-hydrogen) atoms. The fourth-order valence-electron chi connectivity index (χ4n) is 6.79. The Balaban J connectivity index is 1.64. The first-order valence-electron chi connectivity index (χ1n) is 17.3. The first-order chi connectivity index (χ1) is 20.2. The van der Waals surface area contributed by atoms with E-state index in [4.69, 9.17) is 0 Å². The predicted molar refractivity (Wildman–Crippen MR) is 178 cm³/mol. The standard InChI is InChI=1S/C39H60N2/c1-4-6-8-10-11-12-13-14-15-16-17-25-32-41-33-31-40-38(41)37(30-24-9-7-5-2)39(3,36-28-22-19-23-29-36)34-35-26-20-18-21-27-35/h18-23,26-29,31,33,37H,4-17,24-25,30,32,34H2,1-3H3/p+1. The predicted octanol–water partition coefficient (Wildman–Crippen LogP) is 11.3. The normalized spacial score (nSPS) is 13.7. The van der Waals surface area contributed by atoms with Crippen molar-refractivity contribution in [2.45, 2.75) is 154 Å². The van der Waals surface area contributed by atoms with Crippen LogP contribution in [0.5, 0.6) is 0 Å². The minimum absolute atomic E-state index is 0.0119. The molecule has 0 spiro atoms. The quantitative estimate of drug-likeness (QED) is 0.0883. The number of hydrogen-bond acceptors (Lipinski definition) is 0. The third-order valence-electron chi connectivity index (χ3n) is 9.34. The fraction of sp³-hybridized carbons (Fsp3) is 0.615. The number of nitrogens with zero attached hydrogens (tertiary/aromatic N) is 1. The number of rotatable bonds is 23. The summed E-state index contributed by atoms with van der Waals surface area (Å²) >= 11 is 0. The second kappa shape index (κ2) is 19.7. The zero-order valence-corrected chi connectivity index (χ0v) is 26.9. The molecule has 0 aliphatic rings. The van der Waals surface area contributed by atoms with Crippen LogP contribution in [0.2, 0.25) is 0 Å². The second-order valence-electron chi connectivity index (χ2n) is 12.8. The van der Waals surface area contributed by atoms with Gasteiger partial charge in [-0.05, 0) is 36.8 Å². The molecule has 2 nitrogen and oxygen atoms in total. The van der Waals surface area contributed by atoms with Gasteiger partial charge in [-0.3, -0.25) is 0 Å². The van der Waals surface area contributed by atoms with Gasteiger partial charge in [-0.25, -0.2) is 9.55 Å². The van der Waals surface area contributed by atoms with E-state index < -0.39 is 0 Å². The number of unbranched alkanes of at least 4 members (excludes halogenated alkanes) is 14. The van der Waals surface area contributed by atoms with Crippen molar-refractivity contribution in [3.05, 3.63) is 90.0 Å². The lowest BCUT2D eigenvalue weighted by Gasteiger charge is -2.37. The Morgan fingerprint density at radius 2 is 1.15 bits per heavy atom. The molecule has 0 saturated heterocycles. The molecule has 0 amide bonds. The fourth-order valence-corrected chi connectivity index (χ4v) is 6.79. The lowest BCUT2D eigenvalue weighted by Crippen LogP contribution is -2.43. The van der Waals surface area contributed by atoms with Crippen molar-refractivity contribution in [2.75, 3.05) is 0 Å². The highest BCUT2D eigenvalue weighted by atomic mass is 15.1. The number of benzene rings is 2. The van der Waals surface area contributed by atoms with Crippen molar-refractivity contribution in [3.8, 4) is 0 Å². The highest BCUT2D eigenvalue weighted by molar-refractivity contribution is 5.32. The molecule has 1 aromatic heterocycles. The van der Waals surface area contributed by atoms with Gasteiger partial charge in [-0.1, -0.05) is 171 Å². The maximum Gasteiger partial charge on any atom is 0.258 e. The largest absolute Gasteiger partial charge is 0.258 e. The number of aryl methyl sites for hydroxylation is 1. The van der Waals surface area contributed by atoms with Crippen LogP contribution in [0.25, 0.3) is 0 Å². The molecule has 0 aliphatic carbocycles. The smallest absolute Gasteiger partial charge is 0.247 e. The number of aromatic amines is 1. The molecule has 3 aromatic rings. The number of nitrogens with one attached hydrogen (secondary N) is 1. The van der Waals surface area contributed by atoms with E-state index in [1.807, 2.05) is 0 Å². The summed E-state index contributed by atoms with van der Waals surface area (Å²) < 4.78 is 2.56. The molecule has 0 saturated carbocycles. The summed E-state index contributed by atoms with van der Waals surface area (Å²) in [5.74, 6) is 1.86. The first kappa shape index (κ1) is 33.2. The van der Waals surface area contributed by atoms with Crippen LogP contribution in [0.3, 0.4) is 0 Å². The molecule has 0 bridgehead atoms. The molecular formula is C39H61N2+. The Kier molecular flexibility index (Phi) is 15.9. The Labute approximate surface area is 253 Å². The number of imidazole rings is 1. The van der Waals surface area contributed by atoms with E-state index in [9.17, 15) is 0 Å². The first-order valence-corrected chi connectivity index (χ1v) is 17.3. The molecule has 0 radical (unpaired) electrons. The summed E-state index contributed by atoms with van der Waals surface area (Å²) in [6.45, 7) is 8.26. The Morgan fingerprint density at radius 1 is 0.634 bits per heavy atom.